The zero-order valence-electron chi connectivity index (χ0n) is 6.25. The number of nitrogen functional groups attached to an aromatic ring is 1. The number of benzene rings is 1. The standard InChI is InChI=1S/C9H11NO/c1-2-3-7-6-8(10)4-5-9(7)11/h2,4-6,11H,1,3,10H2. The molecule has 2 heteroatoms. The van der Waals surface area contributed by atoms with Crippen molar-refractivity contribution in [2.24, 2.45) is 0 Å². The Morgan fingerprint density at radius 1 is 1.55 bits per heavy atom. The van der Waals surface area contributed by atoms with Crippen molar-refractivity contribution < 1.29 is 5.11 Å². The molecule has 0 radical (unpaired) electrons. The zero-order valence-corrected chi connectivity index (χ0v) is 6.25. The lowest BCUT2D eigenvalue weighted by atomic mass is 10.1. The Balaban J connectivity index is 3.01. The lowest BCUT2D eigenvalue weighted by Crippen LogP contribution is -1.87. The minimum absolute atomic E-state index is 0.277. The lowest BCUT2D eigenvalue weighted by Gasteiger charge is -2.01. The summed E-state index contributed by atoms with van der Waals surface area (Å²) in [4.78, 5) is 0. The molecule has 0 spiro atoms. The predicted molar refractivity (Wildman–Crippen MR) is 46.4 cm³/mol. The maximum absolute atomic E-state index is 9.26. The molecule has 0 heterocycles. The van der Waals surface area contributed by atoms with E-state index in [0.717, 1.165) is 5.56 Å². The van der Waals surface area contributed by atoms with Gasteiger partial charge in [-0.1, -0.05) is 6.08 Å². The summed E-state index contributed by atoms with van der Waals surface area (Å²) < 4.78 is 0. The van der Waals surface area contributed by atoms with Crippen LogP contribution in [0.25, 0.3) is 0 Å². The molecule has 2 nitrogen and oxygen atoms in total. The Morgan fingerprint density at radius 3 is 2.91 bits per heavy atom. The van der Waals surface area contributed by atoms with Crippen LogP contribution >= 0.6 is 0 Å². The van der Waals surface area contributed by atoms with Gasteiger partial charge in [0.1, 0.15) is 5.75 Å². The SMILES string of the molecule is C=CCc1cc(N)ccc1O. The second-order valence-corrected chi connectivity index (χ2v) is 2.38. The van der Waals surface area contributed by atoms with E-state index in [9.17, 15) is 5.11 Å². The number of nitrogens with two attached hydrogens (primary N) is 1. The summed E-state index contributed by atoms with van der Waals surface area (Å²) in [6.45, 7) is 3.57. The van der Waals surface area contributed by atoms with Crippen LogP contribution in [0.15, 0.2) is 30.9 Å². The van der Waals surface area contributed by atoms with E-state index in [2.05, 4.69) is 6.58 Å². The van der Waals surface area contributed by atoms with E-state index in [4.69, 9.17) is 5.73 Å². The molecule has 1 aromatic carbocycles. The van der Waals surface area contributed by atoms with Crippen LogP contribution in [0.1, 0.15) is 5.56 Å². The highest BCUT2D eigenvalue weighted by molar-refractivity contribution is 5.47. The fourth-order valence-corrected chi connectivity index (χ4v) is 0.924. The normalized spacial score (nSPS) is 9.45. The van der Waals surface area contributed by atoms with Crippen molar-refractivity contribution in [3.8, 4) is 5.75 Å². The Bertz CT molecular complexity index is 268. The van der Waals surface area contributed by atoms with Crippen LogP contribution < -0.4 is 5.73 Å². The summed E-state index contributed by atoms with van der Waals surface area (Å²) in [6.07, 6.45) is 2.38. The van der Waals surface area contributed by atoms with Gasteiger partial charge in [0.05, 0.1) is 0 Å². The van der Waals surface area contributed by atoms with Gasteiger partial charge in [-0.3, -0.25) is 0 Å². The van der Waals surface area contributed by atoms with Crippen LogP contribution in [-0.2, 0) is 6.42 Å². The first-order valence-corrected chi connectivity index (χ1v) is 3.42. The molecule has 1 aromatic rings. The molecule has 0 unspecified atom stereocenters. The van der Waals surface area contributed by atoms with Gasteiger partial charge in [0.15, 0.2) is 0 Å². The van der Waals surface area contributed by atoms with Crippen molar-refractivity contribution in [1.29, 1.82) is 0 Å². The molecule has 0 aliphatic rings. The number of anilines is 1. The van der Waals surface area contributed by atoms with Gasteiger partial charge in [-0.15, -0.1) is 6.58 Å². The Morgan fingerprint density at radius 2 is 2.27 bits per heavy atom. The van der Waals surface area contributed by atoms with Gasteiger partial charge in [-0.25, -0.2) is 0 Å². The number of rotatable bonds is 2. The number of hydrogen-bond donors (Lipinski definition) is 2. The zero-order chi connectivity index (χ0) is 8.27. The number of phenols is 1. The van der Waals surface area contributed by atoms with E-state index in [1.165, 1.54) is 0 Å². The third kappa shape index (κ3) is 1.74. The number of allylic oxidation sites excluding steroid dienone is 1. The molecule has 58 valence electrons. The number of phenolic OH excluding ortho intramolecular Hbond substituents is 1. The van der Waals surface area contributed by atoms with Crippen molar-refractivity contribution >= 4 is 5.69 Å². The van der Waals surface area contributed by atoms with E-state index in [-0.39, 0.29) is 5.75 Å². The summed E-state index contributed by atoms with van der Waals surface area (Å²) in [5.41, 5.74) is 7.00. The van der Waals surface area contributed by atoms with Crippen molar-refractivity contribution in [3.63, 3.8) is 0 Å². The average Bonchev–Trinajstić information content (AvgIpc) is 1.98. The molecule has 11 heavy (non-hydrogen) atoms. The first-order chi connectivity index (χ1) is 5.24. The maximum Gasteiger partial charge on any atom is 0.119 e. The molecule has 0 fully saturated rings. The quantitative estimate of drug-likeness (QED) is 0.382. The Kier molecular flexibility index (Phi) is 2.16. The Hall–Kier alpha value is -1.44. The summed E-state index contributed by atoms with van der Waals surface area (Å²) in [7, 11) is 0. The number of aromatic hydroxyl groups is 1. The van der Waals surface area contributed by atoms with Crippen LogP contribution in [0.5, 0.6) is 5.75 Å². The molecule has 3 N–H and O–H groups in total. The fourth-order valence-electron chi connectivity index (χ4n) is 0.924. The highest BCUT2D eigenvalue weighted by atomic mass is 16.3. The highest BCUT2D eigenvalue weighted by Crippen LogP contribution is 2.19. The largest absolute Gasteiger partial charge is 0.508 e. The molecular formula is C9H11NO. The molecule has 0 aliphatic heterocycles. The second-order valence-electron chi connectivity index (χ2n) is 2.38. The lowest BCUT2D eigenvalue weighted by molar-refractivity contribution is 0.470. The number of hydrogen-bond acceptors (Lipinski definition) is 2. The monoisotopic (exact) mass is 149 g/mol. The minimum Gasteiger partial charge on any atom is -0.508 e. The fraction of sp³-hybridized carbons (Fsp3) is 0.111. The van der Waals surface area contributed by atoms with Crippen LogP contribution in [0, 0.1) is 0 Å². The second kappa shape index (κ2) is 3.10. The summed E-state index contributed by atoms with van der Waals surface area (Å²) in [6, 6.07) is 5.01. The van der Waals surface area contributed by atoms with Crippen molar-refractivity contribution in [3.05, 3.63) is 36.4 Å². The maximum atomic E-state index is 9.26. The van der Waals surface area contributed by atoms with Crippen LogP contribution in [0.2, 0.25) is 0 Å². The molecule has 0 aliphatic carbocycles. The molecular weight excluding hydrogens is 138 g/mol. The van der Waals surface area contributed by atoms with E-state index < -0.39 is 0 Å². The van der Waals surface area contributed by atoms with E-state index in [1.54, 1.807) is 24.3 Å². The predicted octanol–water partition coefficient (Wildman–Crippen LogP) is 1.70. The third-order valence-electron chi connectivity index (χ3n) is 1.47. The molecule has 0 aromatic heterocycles. The van der Waals surface area contributed by atoms with E-state index in [1.807, 2.05) is 0 Å². The van der Waals surface area contributed by atoms with E-state index in [0.29, 0.717) is 12.1 Å². The third-order valence-corrected chi connectivity index (χ3v) is 1.47. The van der Waals surface area contributed by atoms with Gasteiger partial charge in [0.25, 0.3) is 0 Å². The van der Waals surface area contributed by atoms with Crippen LogP contribution in [-0.4, -0.2) is 5.11 Å². The molecule has 0 saturated carbocycles. The van der Waals surface area contributed by atoms with Crippen molar-refractivity contribution in [2.45, 2.75) is 6.42 Å². The summed E-state index contributed by atoms with van der Waals surface area (Å²) in [5.74, 6) is 0.277. The first-order valence-electron chi connectivity index (χ1n) is 3.42. The molecule has 0 amide bonds. The van der Waals surface area contributed by atoms with Crippen molar-refractivity contribution in [2.75, 3.05) is 5.73 Å². The summed E-state index contributed by atoms with van der Waals surface area (Å²) >= 11 is 0. The van der Waals surface area contributed by atoms with E-state index >= 15 is 0 Å². The molecule has 0 saturated heterocycles. The highest BCUT2D eigenvalue weighted by Gasteiger charge is 1.97. The van der Waals surface area contributed by atoms with Crippen LogP contribution in [0.4, 0.5) is 5.69 Å². The van der Waals surface area contributed by atoms with Crippen LogP contribution in [0.3, 0.4) is 0 Å². The van der Waals surface area contributed by atoms with Gasteiger partial charge in [0.2, 0.25) is 0 Å². The average molecular weight is 149 g/mol. The topological polar surface area (TPSA) is 46.2 Å². The van der Waals surface area contributed by atoms with Crippen molar-refractivity contribution in [1.82, 2.24) is 0 Å². The molecule has 0 atom stereocenters. The van der Waals surface area contributed by atoms with Gasteiger partial charge >= 0.3 is 0 Å². The molecule has 0 bridgehead atoms. The van der Waals surface area contributed by atoms with Gasteiger partial charge in [-0.2, -0.15) is 0 Å². The smallest absolute Gasteiger partial charge is 0.119 e. The Labute approximate surface area is 66.0 Å². The molecule has 1 rings (SSSR count). The van der Waals surface area contributed by atoms with Gasteiger partial charge < -0.3 is 10.8 Å². The minimum atomic E-state index is 0.277. The first kappa shape index (κ1) is 7.66. The summed E-state index contributed by atoms with van der Waals surface area (Å²) in [5, 5.41) is 9.26. The van der Waals surface area contributed by atoms with Gasteiger partial charge in [0, 0.05) is 5.69 Å². The van der Waals surface area contributed by atoms with Gasteiger partial charge in [-0.05, 0) is 30.2 Å².